The molecular weight excluding hydrogens is 495 g/mol. The zero-order chi connectivity index (χ0) is 0. The predicted octanol–water partition coefficient (Wildman–Crippen LogP) is -0.485. The van der Waals surface area contributed by atoms with Crippen LogP contribution < -0.4 is 0 Å². The molecule has 0 heterocycles. The van der Waals surface area contributed by atoms with Crippen LogP contribution in [0, 0.1) is 0 Å². The maximum Gasteiger partial charge on any atom is 2.00 e. The molecule has 0 spiro atoms. The van der Waals surface area contributed by atoms with E-state index in [1.54, 1.807) is 0 Å². The summed E-state index contributed by atoms with van der Waals surface area (Å²) in [5, 5.41) is 0. The average Bonchev–Trinajstić information content (AvgIpc) is 0. The van der Waals surface area contributed by atoms with Crippen molar-refractivity contribution >= 4 is 0 Å². The van der Waals surface area contributed by atoms with Gasteiger partial charge in [-0.2, -0.15) is 0 Å². The van der Waals surface area contributed by atoms with Gasteiger partial charge >= 0.3 is 89.5 Å². The maximum absolute atomic E-state index is 0. The van der Waals surface area contributed by atoms with Gasteiger partial charge in [0.2, 0.25) is 0 Å². The first-order valence-corrected chi connectivity index (χ1v) is 0. The third-order valence-corrected chi connectivity index (χ3v) is 0. The van der Waals surface area contributed by atoms with E-state index in [1.807, 2.05) is 0 Å². The van der Waals surface area contributed by atoms with Crippen LogP contribution in [0.4, 0.5) is 0 Å². The van der Waals surface area contributed by atoms with Gasteiger partial charge in [-0.05, 0) is 0 Å². The monoisotopic (exact) mass is 492 g/mol. The fraction of sp³-hybridized carbons (Fsp3) is 0. The van der Waals surface area contributed by atoms with Gasteiger partial charge in [-0.15, -0.1) is 0 Å². The summed E-state index contributed by atoms with van der Waals surface area (Å²) in [4.78, 5) is 0. The quantitative estimate of drug-likeness (QED) is 0.404. The summed E-state index contributed by atoms with van der Waals surface area (Å²) in [5.74, 6) is 0. The van der Waals surface area contributed by atoms with E-state index in [-0.39, 0.29) is 111 Å². The molecule has 0 atom stereocenters. The van der Waals surface area contributed by atoms with Gasteiger partial charge in [0.25, 0.3) is 0 Å². The molecule has 0 bridgehead atoms. The summed E-state index contributed by atoms with van der Waals surface area (Å²) in [6, 6.07) is 0. The molecule has 0 unspecified atom stereocenters. The molecule has 0 aromatic heterocycles. The van der Waals surface area contributed by atoms with E-state index < -0.39 is 0 Å². The van der Waals surface area contributed by atoms with Crippen LogP contribution in [0.25, 0.3) is 0 Å². The minimum absolute atomic E-state index is 0. The van der Waals surface area contributed by atoms with E-state index in [0.29, 0.717) is 0 Å². The van der Waals surface area contributed by atoms with Crippen molar-refractivity contribution < 1.29 is 111 Å². The van der Waals surface area contributed by atoms with Crippen LogP contribution in [0.2, 0.25) is 0 Å². The van der Waals surface area contributed by atoms with Crippen LogP contribution in [0.3, 0.4) is 0 Å². The second kappa shape index (κ2) is 96.8. The van der Waals surface area contributed by atoms with Gasteiger partial charge < -0.3 is 21.9 Å². The van der Waals surface area contributed by atoms with Crippen molar-refractivity contribution in [2.75, 3.05) is 0 Å². The summed E-state index contributed by atoms with van der Waals surface area (Å²) in [6.07, 6.45) is 0. The molecular formula is Ag4O4. The topological polar surface area (TPSA) is 114 Å². The van der Waals surface area contributed by atoms with Crippen molar-refractivity contribution in [3.63, 3.8) is 0 Å². The number of rotatable bonds is 0. The first-order chi connectivity index (χ1) is 0. The van der Waals surface area contributed by atoms with Gasteiger partial charge in [-0.1, -0.05) is 0 Å². The van der Waals surface area contributed by atoms with Crippen LogP contribution in [-0.4, -0.2) is 0 Å². The molecule has 0 N–H and O–H groups in total. The number of hydrogen-bond acceptors (Lipinski definition) is 0. The van der Waals surface area contributed by atoms with E-state index >= 15 is 0 Å². The van der Waals surface area contributed by atoms with Gasteiger partial charge in [0.05, 0.1) is 0 Å². The zero-order valence-corrected chi connectivity index (χ0v) is 8.77. The van der Waals surface area contributed by atoms with Crippen molar-refractivity contribution in [2.24, 2.45) is 0 Å². The van der Waals surface area contributed by atoms with Crippen molar-refractivity contribution in [3.05, 3.63) is 0 Å². The molecule has 4 radical (unpaired) electrons. The minimum Gasteiger partial charge on any atom is -2.00 e. The van der Waals surface area contributed by atoms with Crippen molar-refractivity contribution in [2.45, 2.75) is 0 Å². The minimum atomic E-state index is 0. The fourth-order valence-electron chi connectivity index (χ4n) is 0. The van der Waals surface area contributed by atoms with E-state index in [2.05, 4.69) is 0 Å². The summed E-state index contributed by atoms with van der Waals surface area (Å²) >= 11 is 0. The van der Waals surface area contributed by atoms with E-state index in [0.717, 1.165) is 0 Å². The summed E-state index contributed by atoms with van der Waals surface area (Å²) in [5.41, 5.74) is 0. The molecule has 0 aliphatic rings. The molecule has 8 heteroatoms. The Morgan fingerprint density at radius 3 is 0.250 bits per heavy atom. The summed E-state index contributed by atoms with van der Waals surface area (Å²) in [6.45, 7) is 0. The predicted molar refractivity (Wildman–Crippen MR) is 2.75 cm³/mol. The molecule has 0 saturated heterocycles. The van der Waals surface area contributed by atoms with E-state index in [1.165, 1.54) is 0 Å². The Balaban J connectivity index is 0. The first kappa shape index (κ1) is 132. The normalized spacial score (nSPS) is 0. The molecule has 0 aliphatic heterocycles. The average molecular weight is 495 g/mol. The first-order valence-electron chi connectivity index (χ1n) is 0. The van der Waals surface area contributed by atoms with Crippen molar-refractivity contribution in [3.8, 4) is 0 Å². The van der Waals surface area contributed by atoms with Crippen LogP contribution in [0.1, 0.15) is 0 Å². The second-order valence-electron chi connectivity index (χ2n) is 0. The van der Waals surface area contributed by atoms with E-state index in [4.69, 9.17) is 0 Å². The molecule has 0 saturated carbocycles. The molecule has 0 fully saturated rings. The molecule has 0 aromatic carbocycles. The fourth-order valence-corrected chi connectivity index (χ4v) is 0. The van der Waals surface area contributed by atoms with Gasteiger partial charge in [0.1, 0.15) is 0 Å². The van der Waals surface area contributed by atoms with Gasteiger partial charge in [0.15, 0.2) is 0 Å². The Hall–Kier alpha value is 2.80. The smallest absolute Gasteiger partial charge is 2.00 e. The molecule has 0 amide bonds. The second-order valence-corrected chi connectivity index (χ2v) is 0. The third-order valence-electron chi connectivity index (χ3n) is 0. The van der Waals surface area contributed by atoms with Crippen LogP contribution in [-0.2, 0) is 111 Å². The van der Waals surface area contributed by atoms with Gasteiger partial charge in [-0.25, -0.2) is 0 Å². The van der Waals surface area contributed by atoms with Crippen molar-refractivity contribution in [1.29, 1.82) is 0 Å². The zero-order valence-electron chi connectivity index (χ0n) is 2.84. The Bertz CT molecular complexity index is 8.00. The Morgan fingerprint density at radius 2 is 0.250 bits per heavy atom. The van der Waals surface area contributed by atoms with Gasteiger partial charge in [-0.3, -0.25) is 0 Å². The molecule has 68 valence electrons. The standard InChI is InChI=1S/4Ag.4O/q4*+2;4*-2. The SMILES string of the molecule is [Ag+2].[Ag+2].[Ag+2].[Ag+2].[O-2].[O-2].[O-2].[O-2]. The molecule has 0 rings (SSSR count). The maximum atomic E-state index is 0. The largest absolute Gasteiger partial charge is 2.00 e. The number of hydrogen-bond donors (Lipinski definition) is 0. The van der Waals surface area contributed by atoms with Crippen molar-refractivity contribution in [1.82, 2.24) is 0 Å². The summed E-state index contributed by atoms with van der Waals surface area (Å²) in [7, 11) is 0. The van der Waals surface area contributed by atoms with Gasteiger partial charge in [0, 0.05) is 0 Å². The molecule has 8 heavy (non-hydrogen) atoms. The Kier molecular flexibility index (Phi) is 1600. The third kappa shape index (κ3) is 68.3. The van der Waals surface area contributed by atoms with Crippen LogP contribution in [0.15, 0.2) is 0 Å². The summed E-state index contributed by atoms with van der Waals surface area (Å²) < 4.78 is 0. The molecule has 4 nitrogen and oxygen atoms in total. The Labute approximate surface area is 110 Å². The molecule has 0 aromatic rings. The molecule has 0 aliphatic carbocycles. The van der Waals surface area contributed by atoms with Crippen LogP contribution in [0.5, 0.6) is 0 Å². The Morgan fingerprint density at radius 1 is 0.250 bits per heavy atom. The van der Waals surface area contributed by atoms with E-state index in [9.17, 15) is 0 Å². The van der Waals surface area contributed by atoms with Crippen LogP contribution >= 0.6 is 0 Å².